The Kier molecular flexibility index (Phi) is 5.76. The maximum atomic E-state index is 12.1. The van der Waals surface area contributed by atoms with E-state index in [0.29, 0.717) is 13.1 Å². The average molecular weight is 368 g/mol. The highest BCUT2D eigenvalue weighted by Gasteiger charge is 2.16. The highest BCUT2D eigenvalue weighted by molar-refractivity contribution is 9.10. The molecule has 0 spiro atoms. The predicted molar refractivity (Wildman–Crippen MR) is 88.4 cm³/mol. The summed E-state index contributed by atoms with van der Waals surface area (Å²) in [6.07, 6.45) is 4.55. The lowest BCUT2D eigenvalue weighted by molar-refractivity contribution is -0.124. The SMILES string of the molecule is Cc1nn(CC(C)C(=O)NCCCn2cccn2)c(C)c1Br. The van der Waals surface area contributed by atoms with Crippen LogP contribution in [-0.2, 0) is 17.9 Å². The van der Waals surface area contributed by atoms with Crippen LogP contribution in [0.4, 0.5) is 0 Å². The normalized spacial score (nSPS) is 12.4. The molecule has 120 valence electrons. The number of carbonyl (C=O) groups excluding carboxylic acids is 1. The zero-order valence-electron chi connectivity index (χ0n) is 13.2. The molecule has 1 amide bonds. The van der Waals surface area contributed by atoms with Gasteiger partial charge in [0.1, 0.15) is 0 Å². The molecule has 7 heteroatoms. The van der Waals surface area contributed by atoms with Crippen LogP contribution in [0.3, 0.4) is 0 Å². The molecule has 2 rings (SSSR count). The largest absolute Gasteiger partial charge is 0.356 e. The Labute approximate surface area is 139 Å². The third kappa shape index (κ3) is 4.19. The number of nitrogens with zero attached hydrogens (tertiary/aromatic N) is 4. The number of nitrogens with one attached hydrogen (secondary N) is 1. The van der Waals surface area contributed by atoms with Gasteiger partial charge in [0.2, 0.25) is 5.91 Å². The molecule has 0 saturated heterocycles. The third-order valence-corrected chi connectivity index (χ3v) is 4.76. The van der Waals surface area contributed by atoms with Gasteiger partial charge in [0.05, 0.1) is 22.6 Å². The number of aryl methyl sites for hydroxylation is 2. The van der Waals surface area contributed by atoms with Gasteiger partial charge in [-0.1, -0.05) is 6.92 Å². The molecule has 0 radical (unpaired) electrons. The van der Waals surface area contributed by atoms with Crippen molar-refractivity contribution in [2.24, 2.45) is 5.92 Å². The van der Waals surface area contributed by atoms with Gasteiger partial charge in [-0.15, -0.1) is 0 Å². The Morgan fingerprint density at radius 3 is 2.82 bits per heavy atom. The standard InChI is InChI=1S/C15H22BrN5O/c1-11(10-21-13(3)14(16)12(2)19-21)15(22)17-6-4-8-20-9-5-7-18-20/h5,7,9,11H,4,6,8,10H2,1-3H3,(H,17,22). The molecule has 2 aromatic rings. The smallest absolute Gasteiger partial charge is 0.224 e. The number of hydrogen-bond acceptors (Lipinski definition) is 3. The first-order valence-electron chi connectivity index (χ1n) is 7.43. The van der Waals surface area contributed by atoms with Gasteiger partial charge in [0.15, 0.2) is 0 Å². The Balaban J connectivity index is 1.75. The summed E-state index contributed by atoms with van der Waals surface area (Å²) in [6.45, 7) is 7.93. The number of aromatic nitrogens is 4. The summed E-state index contributed by atoms with van der Waals surface area (Å²) in [6, 6.07) is 1.90. The molecule has 0 aromatic carbocycles. The molecule has 2 heterocycles. The van der Waals surface area contributed by atoms with Gasteiger partial charge >= 0.3 is 0 Å². The van der Waals surface area contributed by atoms with Gasteiger partial charge < -0.3 is 5.32 Å². The monoisotopic (exact) mass is 367 g/mol. The molecule has 0 bridgehead atoms. The van der Waals surface area contributed by atoms with Crippen LogP contribution in [0.5, 0.6) is 0 Å². The van der Waals surface area contributed by atoms with Gasteiger partial charge in [-0.05, 0) is 42.3 Å². The van der Waals surface area contributed by atoms with Crippen LogP contribution in [0.1, 0.15) is 24.7 Å². The van der Waals surface area contributed by atoms with Crippen molar-refractivity contribution in [1.82, 2.24) is 24.9 Å². The first kappa shape index (κ1) is 16.7. The van der Waals surface area contributed by atoms with Crippen LogP contribution < -0.4 is 5.32 Å². The maximum absolute atomic E-state index is 12.1. The van der Waals surface area contributed by atoms with E-state index >= 15 is 0 Å². The second kappa shape index (κ2) is 7.58. The van der Waals surface area contributed by atoms with Crippen LogP contribution in [-0.4, -0.2) is 32.0 Å². The summed E-state index contributed by atoms with van der Waals surface area (Å²) in [7, 11) is 0. The molecule has 0 aliphatic heterocycles. The molecule has 0 aliphatic carbocycles. The lowest BCUT2D eigenvalue weighted by Gasteiger charge is -2.13. The Bertz CT molecular complexity index is 620. The zero-order chi connectivity index (χ0) is 16.1. The number of halogens is 1. The fourth-order valence-corrected chi connectivity index (χ4v) is 2.54. The van der Waals surface area contributed by atoms with Gasteiger partial charge in [-0.25, -0.2) is 0 Å². The van der Waals surface area contributed by atoms with E-state index in [1.54, 1.807) is 6.20 Å². The van der Waals surface area contributed by atoms with Gasteiger partial charge in [-0.2, -0.15) is 10.2 Å². The minimum atomic E-state index is -0.116. The second-order valence-corrected chi connectivity index (χ2v) is 6.27. The van der Waals surface area contributed by atoms with Crippen LogP contribution in [0.15, 0.2) is 22.9 Å². The van der Waals surface area contributed by atoms with E-state index in [9.17, 15) is 4.79 Å². The molecule has 22 heavy (non-hydrogen) atoms. The van der Waals surface area contributed by atoms with E-state index in [1.807, 2.05) is 42.4 Å². The molecule has 0 aliphatic rings. The molecule has 1 N–H and O–H groups in total. The molecule has 0 fully saturated rings. The molecule has 6 nitrogen and oxygen atoms in total. The van der Waals surface area contributed by atoms with Crippen molar-refractivity contribution in [2.45, 2.75) is 40.3 Å². The van der Waals surface area contributed by atoms with E-state index < -0.39 is 0 Å². The van der Waals surface area contributed by atoms with E-state index in [-0.39, 0.29) is 11.8 Å². The minimum absolute atomic E-state index is 0.0594. The Morgan fingerprint density at radius 1 is 1.45 bits per heavy atom. The van der Waals surface area contributed by atoms with Crippen molar-refractivity contribution in [2.75, 3.05) is 6.54 Å². The molecule has 0 saturated carbocycles. The fraction of sp³-hybridized carbons (Fsp3) is 0.533. The average Bonchev–Trinajstić information content (AvgIpc) is 3.09. The lowest BCUT2D eigenvalue weighted by atomic mass is 10.1. The van der Waals surface area contributed by atoms with Crippen LogP contribution >= 0.6 is 15.9 Å². The van der Waals surface area contributed by atoms with Gasteiger partial charge in [-0.3, -0.25) is 14.2 Å². The quantitative estimate of drug-likeness (QED) is 0.763. The summed E-state index contributed by atoms with van der Waals surface area (Å²) in [5, 5.41) is 11.5. The molecule has 1 atom stereocenters. The van der Waals surface area contributed by atoms with E-state index in [0.717, 1.165) is 28.8 Å². The van der Waals surface area contributed by atoms with Crippen molar-refractivity contribution < 1.29 is 4.79 Å². The second-order valence-electron chi connectivity index (χ2n) is 5.48. The van der Waals surface area contributed by atoms with E-state index in [1.165, 1.54) is 0 Å². The number of carbonyl (C=O) groups is 1. The fourth-order valence-electron chi connectivity index (χ4n) is 2.25. The molecule has 2 aromatic heterocycles. The number of amides is 1. The van der Waals surface area contributed by atoms with Crippen LogP contribution in [0.25, 0.3) is 0 Å². The van der Waals surface area contributed by atoms with Gasteiger partial charge in [0.25, 0.3) is 0 Å². The van der Waals surface area contributed by atoms with E-state index in [4.69, 9.17) is 0 Å². The van der Waals surface area contributed by atoms with Crippen molar-refractivity contribution in [1.29, 1.82) is 0 Å². The Hall–Kier alpha value is -1.63. The summed E-state index contributed by atoms with van der Waals surface area (Å²) >= 11 is 3.50. The highest BCUT2D eigenvalue weighted by Crippen LogP contribution is 2.20. The lowest BCUT2D eigenvalue weighted by Crippen LogP contribution is -2.33. The van der Waals surface area contributed by atoms with Crippen LogP contribution in [0.2, 0.25) is 0 Å². The predicted octanol–water partition coefficient (Wildman–Crippen LogP) is 2.30. The first-order valence-corrected chi connectivity index (χ1v) is 8.23. The van der Waals surface area contributed by atoms with Crippen molar-refractivity contribution in [3.63, 3.8) is 0 Å². The minimum Gasteiger partial charge on any atom is -0.356 e. The maximum Gasteiger partial charge on any atom is 0.224 e. The van der Waals surface area contributed by atoms with E-state index in [2.05, 4.69) is 31.4 Å². The molecule has 1 unspecified atom stereocenters. The number of hydrogen-bond donors (Lipinski definition) is 1. The zero-order valence-corrected chi connectivity index (χ0v) is 14.8. The summed E-state index contributed by atoms with van der Waals surface area (Å²) in [5.41, 5.74) is 2.00. The summed E-state index contributed by atoms with van der Waals surface area (Å²) in [5.74, 6) is -0.0567. The highest BCUT2D eigenvalue weighted by atomic mass is 79.9. The number of rotatable bonds is 7. The van der Waals surface area contributed by atoms with Crippen molar-refractivity contribution in [3.05, 3.63) is 34.3 Å². The topological polar surface area (TPSA) is 64.7 Å². The Morgan fingerprint density at radius 2 is 2.23 bits per heavy atom. The van der Waals surface area contributed by atoms with Crippen molar-refractivity contribution in [3.8, 4) is 0 Å². The first-order chi connectivity index (χ1) is 10.5. The molecular formula is C15H22BrN5O. The van der Waals surface area contributed by atoms with Gasteiger partial charge in [0, 0.05) is 31.2 Å². The summed E-state index contributed by atoms with van der Waals surface area (Å²) < 4.78 is 4.76. The molecular weight excluding hydrogens is 346 g/mol. The van der Waals surface area contributed by atoms with Crippen LogP contribution in [0, 0.1) is 19.8 Å². The summed E-state index contributed by atoms with van der Waals surface area (Å²) in [4.78, 5) is 12.1. The van der Waals surface area contributed by atoms with Crippen molar-refractivity contribution >= 4 is 21.8 Å². The third-order valence-electron chi connectivity index (χ3n) is 3.61.